The van der Waals surface area contributed by atoms with Crippen LogP contribution in [0.2, 0.25) is 0 Å². The molecule has 2 heterocycles. The summed E-state index contributed by atoms with van der Waals surface area (Å²) in [5.41, 5.74) is 3.29. The maximum Gasteiger partial charge on any atom is 0.242 e. The summed E-state index contributed by atoms with van der Waals surface area (Å²) in [6.45, 7) is 1.72. The van der Waals surface area contributed by atoms with Crippen LogP contribution in [0.4, 0.5) is 0 Å². The number of fused-ring (bicyclic) bond motifs is 1. The topological polar surface area (TPSA) is 34.5 Å². The van der Waals surface area contributed by atoms with Crippen molar-refractivity contribution in [3.8, 4) is 11.3 Å². The van der Waals surface area contributed by atoms with Crippen LogP contribution in [0.25, 0.3) is 22.2 Å². The van der Waals surface area contributed by atoms with Crippen LogP contribution in [0.3, 0.4) is 0 Å². The monoisotopic (exact) mass is 334 g/mol. The highest BCUT2D eigenvalue weighted by molar-refractivity contribution is 5.89. The number of para-hydroxylation sites is 1. The summed E-state index contributed by atoms with van der Waals surface area (Å²) in [5, 5.41) is 1.15. The number of ether oxygens (including phenoxy) is 1. The second-order valence-corrected chi connectivity index (χ2v) is 6.56. The van der Waals surface area contributed by atoms with Gasteiger partial charge in [0.1, 0.15) is 6.54 Å². The SMILES string of the molecule is CN(C(=O)Cn1c(-c2ccccc2)cc2ccccc21)C1CCOC1. The zero-order valence-electron chi connectivity index (χ0n) is 14.4. The molecule has 1 atom stereocenters. The zero-order valence-corrected chi connectivity index (χ0v) is 14.4. The van der Waals surface area contributed by atoms with E-state index in [4.69, 9.17) is 4.74 Å². The summed E-state index contributed by atoms with van der Waals surface area (Å²) in [7, 11) is 1.88. The van der Waals surface area contributed by atoms with Gasteiger partial charge in [-0.3, -0.25) is 4.79 Å². The summed E-state index contributed by atoms with van der Waals surface area (Å²) in [6, 6.07) is 20.8. The van der Waals surface area contributed by atoms with Crippen LogP contribution in [0.15, 0.2) is 60.7 Å². The van der Waals surface area contributed by atoms with Gasteiger partial charge >= 0.3 is 0 Å². The van der Waals surface area contributed by atoms with Crippen LogP contribution in [-0.2, 0) is 16.1 Å². The molecule has 4 nitrogen and oxygen atoms in total. The fraction of sp³-hybridized carbons (Fsp3) is 0.286. The van der Waals surface area contributed by atoms with Gasteiger partial charge in [-0.1, -0.05) is 48.5 Å². The van der Waals surface area contributed by atoms with Gasteiger partial charge in [0.15, 0.2) is 0 Å². The minimum atomic E-state index is 0.119. The molecule has 0 saturated carbocycles. The quantitative estimate of drug-likeness (QED) is 0.731. The van der Waals surface area contributed by atoms with E-state index in [-0.39, 0.29) is 11.9 Å². The molecule has 1 aliphatic rings. The average Bonchev–Trinajstić information content (AvgIpc) is 3.30. The van der Waals surface area contributed by atoms with Gasteiger partial charge in [-0.2, -0.15) is 0 Å². The molecule has 0 bridgehead atoms. The Bertz CT molecular complexity index is 879. The smallest absolute Gasteiger partial charge is 0.242 e. The first-order valence-corrected chi connectivity index (χ1v) is 8.71. The summed E-state index contributed by atoms with van der Waals surface area (Å²) in [5.74, 6) is 0.119. The Labute approximate surface area is 147 Å². The maximum atomic E-state index is 12.9. The average molecular weight is 334 g/mol. The van der Waals surface area contributed by atoms with Gasteiger partial charge in [-0.15, -0.1) is 0 Å². The third-order valence-electron chi connectivity index (χ3n) is 5.02. The Kier molecular flexibility index (Phi) is 4.28. The molecule has 2 aromatic carbocycles. The fourth-order valence-electron chi connectivity index (χ4n) is 3.51. The summed E-state index contributed by atoms with van der Waals surface area (Å²) in [6.07, 6.45) is 0.917. The fourth-order valence-corrected chi connectivity index (χ4v) is 3.51. The molecule has 0 N–H and O–H groups in total. The second-order valence-electron chi connectivity index (χ2n) is 6.56. The Hall–Kier alpha value is -2.59. The van der Waals surface area contributed by atoms with Gasteiger partial charge in [0, 0.05) is 30.3 Å². The van der Waals surface area contributed by atoms with Gasteiger partial charge in [-0.25, -0.2) is 0 Å². The number of amides is 1. The lowest BCUT2D eigenvalue weighted by Crippen LogP contribution is -2.39. The number of carbonyl (C=O) groups excluding carboxylic acids is 1. The van der Waals surface area contributed by atoms with Crippen molar-refractivity contribution in [1.29, 1.82) is 0 Å². The Balaban J connectivity index is 1.71. The number of benzene rings is 2. The molecule has 25 heavy (non-hydrogen) atoms. The number of hydrogen-bond acceptors (Lipinski definition) is 2. The van der Waals surface area contributed by atoms with Crippen LogP contribution in [0.1, 0.15) is 6.42 Å². The van der Waals surface area contributed by atoms with Crippen LogP contribution in [0.5, 0.6) is 0 Å². The molecule has 1 aromatic heterocycles. The largest absolute Gasteiger partial charge is 0.379 e. The molecule has 1 fully saturated rings. The van der Waals surface area contributed by atoms with Crippen molar-refractivity contribution < 1.29 is 9.53 Å². The van der Waals surface area contributed by atoms with Gasteiger partial charge in [0.05, 0.1) is 12.6 Å². The van der Waals surface area contributed by atoms with Crippen molar-refractivity contribution in [3.05, 3.63) is 60.7 Å². The van der Waals surface area contributed by atoms with E-state index in [1.807, 2.05) is 42.3 Å². The van der Waals surface area contributed by atoms with Crippen LogP contribution in [0, 0.1) is 0 Å². The van der Waals surface area contributed by atoms with E-state index in [0.717, 1.165) is 35.2 Å². The first-order chi connectivity index (χ1) is 12.2. The predicted molar refractivity (Wildman–Crippen MR) is 99.4 cm³/mol. The lowest BCUT2D eigenvalue weighted by atomic mass is 10.1. The van der Waals surface area contributed by atoms with Gasteiger partial charge < -0.3 is 14.2 Å². The van der Waals surface area contributed by atoms with E-state index in [1.165, 1.54) is 0 Å². The Morgan fingerprint density at radius 2 is 1.92 bits per heavy atom. The zero-order chi connectivity index (χ0) is 17.2. The molecule has 3 aromatic rings. The second kappa shape index (κ2) is 6.73. The standard InChI is InChI=1S/C21H22N2O2/c1-22(18-11-12-25-15-18)21(24)14-23-19-10-6-5-9-17(19)13-20(23)16-7-3-2-4-8-16/h2-10,13,18H,11-12,14-15H2,1H3. The number of carbonyl (C=O) groups is 1. The number of hydrogen-bond donors (Lipinski definition) is 0. The van der Waals surface area contributed by atoms with E-state index in [0.29, 0.717) is 13.2 Å². The highest BCUT2D eigenvalue weighted by atomic mass is 16.5. The molecular weight excluding hydrogens is 312 g/mol. The van der Waals surface area contributed by atoms with Crippen molar-refractivity contribution >= 4 is 16.8 Å². The minimum Gasteiger partial charge on any atom is -0.379 e. The molecule has 0 radical (unpaired) electrons. The van der Waals surface area contributed by atoms with E-state index >= 15 is 0 Å². The molecule has 128 valence electrons. The third kappa shape index (κ3) is 3.05. The highest BCUT2D eigenvalue weighted by Gasteiger charge is 2.25. The van der Waals surface area contributed by atoms with Crippen molar-refractivity contribution in [2.24, 2.45) is 0 Å². The number of rotatable bonds is 4. The van der Waals surface area contributed by atoms with Crippen LogP contribution < -0.4 is 0 Å². The molecule has 0 spiro atoms. The van der Waals surface area contributed by atoms with E-state index < -0.39 is 0 Å². The van der Waals surface area contributed by atoms with Gasteiger partial charge in [0.2, 0.25) is 5.91 Å². The molecule has 1 aliphatic heterocycles. The van der Waals surface area contributed by atoms with Gasteiger partial charge in [-0.05, 0) is 24.1 Å². The highest BCUT2D eigenvalue weighted by Crippen LogP contribution is 2.28. The Morgan fingerprint density at radius 1 is 1.16 bits per heavy atom. The lowest BCUT2D eigenvalue weighted by molar-refractivity contribution is -0.132. The van der Waals surface area contributed by atoms with Crippen molar-refractivity contribution in [2.75, 3.05) is 20.3 Å². The lowest BCUT2D eigenvalue weighted by Gasteiger charge is -2.24. The van der Waals surface area contributed by atoms with Gasteiger partial charge in [0.25, 0.3) is 0 Å². The number of nitrogens with zero attached hydrogens (tertiary/aromatic N) is 2. The Morgan fingerprint density at radius 3 is 2.68 bits per heavy atom. The predicted octanol–water partition coefficient (Wildman–Crippen LogP) is 3.56. The number of aromatic nitrogens is 1. The van der Waals surface area contributed by atoms with E-state index in [9.17, 15) is 4.79 Å². The summed E-state index contributed by atoms with van der Waals surface area (Å²) >= 11 is 0. The normalized spacial score (nSPS) is 17.1. The van der Waals surface area contributed by atoms with E-state index in [2.05, 4.69) is 34.9 Å². The van der Waals surface area contributed by atoms with E-state index in [1.54, 1.807) is 0 Å². The molecular formula is C21H22N2O2. The van der Waals surface area contributed by atoms with Crippen LogP contribution >= 0.6 is 0 Å². The van der Waals surface area contributed by atoms with Crippen LogP contribution in [-0.4, -0.2) is 41.7 Å². The maximum absolute atomic E-state index is 12.9. The molecule has 1 unspecified atom stereocenters. The molecule has 4 heteroatoms. The number of likely N-dealkylation sites (N-methyl/N-ethyl adjacent to an activating group) is 1. The minimum absolute atomic E-state index is 0.119. The summed E-state index contributed by atoms with van der Waals surface area (Å²) in [4.78, 5) is 14.7. The van der Waals surface area contributed by atoms with Crippen molar-refractivity contribution in [2.45, 2.75) is 19.0 Å². The molecule has 4 rings (SSSR count). The molecule has 0 aliphatic carbocycles. The third-order valence-corrected chi connectivity index (χ3v) is 5.02. The first kappa shape index (κ1) is 15.9. The van der Waals surface area contributed by atoms with Crippen molar-refractivity contribution in [3.63, 3.8) is 0 Å². The summed E-state index contributed by atoms with van der Waals surface area (Å²) < 4.78 is 7.55. The molecule has 1 saturated heterocycles. The molecule has 1 amide bonds. The van der Waals surface area contributed by atoms with Crippen molar-refractivity contribution in [1.82, 2.24) is 9.47 Å². The first-order valence-electron chi connectivity index (χ1n) is 8.71.